The van der Waals surface area contributed by atoms with Gasteiger partial charge in [-0.2, -0.15) is 0 Å². The number of piperidine rings is 1. The molecule has 2 aliphatic rings. The number of nitrogens with one attached hydrogen (secondary N) is 1. The number of aromatic hydroxyl groups is 1. The summed E-state index contributed by atoms with van der Waals surface area (Å²) < 4.78 is 0. The lowest BCUT2D eigenvalue weighted by Crippen LogP contribution is -2.47. The quantitative estimate of drug-likeness (QED) is 0.692. The summed E-state index contributed by atoms with van der Waals surface area (Å²) >= 11 is 0. The van der Waals surface area contributed by atoms with Crippen molar-refractivity contribution < 1.29 is 5.11 Å². The molecule has 2 saturated heterocycles. The second-order valence-corrected chi connectivity index (χ2v) is 8.40. The summed E-state index contributed by atoms with van der Waals surface area (Å²) in [5.41, 5.74) is 3.04. The van der Waals surface area contributed by atoms with Crippen LogP contribution >= 0.6 is 0 Å². The van der Waals surface area contributed by atoms with Crippen LogP contribution in [-0.4, -0.2) is 50.4 Å². The van der Waals surface area contributed by atoms with E-state index in [0.717, 1.165) is 35.6 Å². The van der Waals surface area contributed by atoms with Crippen molar-refractivity contribution in [1.29, 1.82) is 0 Å². The molecule has 154 valence electrons. The van der Waals surface area contributed by atoms with E-state index in [1.54, 1.807) is 18.5 Å². The fraction of sp³-hybridized carbons (Fsp3) is 0.391. The molecular weight excluding hydrogens is 376 g/mol. The summed E-state index contributed by atoms with van der Waals surface area (Å²) in [6.45, 7) is 1.85. The summed E-state index contributed by atoms with van der Waals surface area (Å²) in [4.78, 5) is 10.7. The van der Waals surface area contributed by atoms with Crippen molar-refractivity contribution in [2.75, 3.05) is 11.9 Å². The largest absolute Gasteiger partial charge is 0.507 e. The molecule has 2 N–H and O–H groups in total. The van der Waals surface area contributed by atoms with Gasteiger partial charge in [-0.05, 0) is 62.4 Å². The van der Waals surface area contributed by atoms with Crippen LogP contribution in [0.25, 0.3) is 22.4 Å². The maximum absolute atomic E-state index is 10.6. The molecule has 2 fully saturated rings. The van der Waals surface area contributed by atoms with Gasteiger partial charge in [0, 0.05) is 48.7 Å². The van der Waals surface area contributed by atoms with Crippen LogP contribution in [0, 0.1) is 6.92 Å². The van der Waals surface area contributed by atoms with Crippen molar-refractivity contribution in [1.82, 2.24) is 25.5 Å². The lowest BCUT2D eigenvalue weighted by molar-refractivity contribution is 0.353. The molecule has 1 aromatic carbocycles. The Morgan fingerprint density at radius 3 is 2.33 bits per heavy atom. The lowest BCUT2D eigenvalue weighted by atomic mass is 9.98. The number of anilines is 1. The summed E-state index contributed by atoms with van der Waals surface area (Å²) in [6, 6.07) is 11.2. The van der Waals surface area contributed by atoms with Crippen molar-refractivity contribution in [3.63, 3.8) is 0 Å². The minimum absolute atomic E-state index is 0.165. The van der Waals surface area contributed by atoms with Crippen LogP contribution in [0.2, 0.25) is 0 Å². The molecule has 0 unspecified atom stereocenters. The number of fused-ring (bicyclic) bond motifs is 2. The van der Waals surface area contributed by atoms with Crippen LogP contribution < -0.4 is 10.2 Å². The number of hydrogen-bond acceptors (Lipinski definition) is 7. The molecule has 2 bridgehead atoms. The van der Waals surface area contributed by atoms with Crippen LogP contribution in [0.4, 0.5) is 5.82 Å². The van der Waals surface area contributed by atoms with Gasteiger partial charge in [-0.3, -0.25) is 0 Å². The molecule has 0 amide bonds. The Labute approximate surface area is 176 Å². The normalized spacial score (nSPS) is 22.8. The predicted molar refractivity (Wildman–Crippen MR) is 116 cm³/mol. The molecule has 2 aromatic heterocycles. The highest BCUT2D eigenvalue weighted by atomic mass is 16.3. The average Bonchev–Trinajstić information content (AvgIpc) is 3.11. The Morgan fingerprint density at radius 1 is 0.967 bits per heavy atom. The van der Waals surface area contributed by atoms with Gasteiger partial charge in [0.15, 0.2) is 5.82 Å². The van der Waals surface area contributed by atoms with Gasteiger partial charge in [-0.15, -0.1) is 10.2 Å². The lowest BCUT2D eigenvalue weighted by Gasteiger charge is -2.36. The zero-order valence-corrected chi connectivity index (χ0v) is 17.3. The van der Waals surface area contributed by atoms with E-state index in [1.807, 2.05) is 31.2 Å². The molecule has 0 saturated carbocycles. The zero-order chi connectivity index (χ0) is 20.7. The van der Waals surface area contributed by atoms with Gasteiger partial charge in [0.25, 0.3) is 0 Å². The third-order valence-electron chi connectivity index (χ3n) is 6.40. The maximum atomic E-state index is 10.6. The van der Waals surface area contributed by atoms with E-state index < -0.39 is 0 Å². The monoisotopic (exact) mass is 402 g/mol. The van der Waals surface area contributed by atoms with Crippen molar-refractivity contribution in [3.8, 4) is 28.1 Å². The highest BCUT2D eigenvalue weighted by molar-refractivity contribution is 5.73. The highest BCUT2D eigenvalue weighted by Gasteiger charge is 2.35. The van der Waals surface area contributed by atoms with Gasteiger partial charge in [0.1, 0.15) is 11.6 Å². The second kappa shape index (κ2) is 7.65. The molecule has 7 nitrogen and oxygen atoms in total. The Kier molecular flexibility index (Phi) is 4.83. The van der Waals surface area contributed by atoms with Crippen molar-refractivity contribution in [2.45, 2.75) is 50.7 Å². The first-order valence-corrected chi connectivity index (χ1v) is 10.5. The maximum Gasteiger partial charge on any atom is 0.151 e. The average molecular weight is 403 g/mol. The van der Waals surface area contributed by atoms with E-state index in [9.17, 15) is 5.11 Å². The minimum atomic E-state index is 0.165. The fourth-order valence-electron chi connectivity index (χ4n) is 4.66. The van der Waals surface area contributed by atoms with E-state index in [1.165, 1.54) is 12.8 Å². The SMILES string of the molecule is Cc1ncc(-c2ccc(-c3ccc(N(C)[C@@H]4C[C@H]5CC[C@@H](C4)N5)nn3)c(O)c2)cn1. The fourth-order valence-corrected chi connectivity index (χ4v) is 4.66. The van der Waals surface area contributed by atoms with Crippen LogP contribution in [0.5, 0.6) is 5.75 Å². The molecule has 5 rings (SSSR count). The smallest absolute Gasteiger partial charge is 0.151 e. The van der Waals surface area contributed by atoms with E-state index in [0.29, 0.717) is 29.4 Å². The van der Waals surface area contributed by atoms with Gasteiger partial charge in [-0.25, -0.2) is 9.97 Å². The first-order chi connectivity index (χ1) is 14.6. The summed E-state index contributed by atoms with van der Waals surface area (Å²) in [5.74, 6) is 1.76. The van der Waals surface area contributed by atoms with Gasteiger partial charge >= 0.3 is 0 Å². The van der Waals surface area contributed by atoms with E-state index >= 15 is 0 Å². The third-order valence-corrected chi connectivity index (χ3v) is 6.40. The van der Waals surface area contributed by atoms with E-state index in [4.69, 9.17) is 0 Å². The van der Waals surface area contributed by atoms with Crippen molar-refractivity contribution in [2.24, 2.45) is 0 Å². The molecule has 7 heteroatoms. The van der Waals surface area contributed by atoms with Gasteiger partial charge in [0.05, 0.1) is 5.69 Å². The number of phenolic OH excluding ortho intramolecular Hbond substituents is 1. The van der Waals surface area contributed by atoms with Crippen LogP contribution in [0.1, 0.15) is 31.5 Å². The number of nitrogens with zero attached hydrogens (tertiary/aromatic N) is 5. The van der Waals surface area contributed by atoms with Gasteiger partial charge in [0.2, 0.25) is 0 Å². The number of rotatable bonds is 4. The van der Waals surface area contributed by atoms with Crippen LogP contribution in [-0.2, 0) is 0 Å². The molecule has 3 aromatic rings. The molecule has 0 spiro atoms. The first-order valence-electron chi connectivity index (χ1n) is 10.5. The molecule has 2 aliphatic heterocycles. The zero-order valence-electron chi connectivity index (χ0n) is 17.3. The minimum Gasteiger partial charge on any atom is -0.507 e. The number of aryl methyl sites for hydroxylation is 1. The number of phenols is 1. The highest BCUT2D eigenvalue weighted by Crippen LogP contribution is 2.34. The van der Waals surface area contributed by atoms with Crippen LogP contribution in [0.15, 0.2) is 42.7 Å². The molecular formula is C23H26N6O. The van der Waals surface area contributed by atoms with E-state index in [-0.39, 0.29) is 5.75 Å². The van der Waals surface area contributed by atoms with Crippen molar-refractivity contribution >= 4 is 5.82 Å². The van der Waals surface area contributed by atoms with Gasteiger partial charge < -0.3 is 15.3 Å². The predicted octanol–water partition coefficient (Wildman–Crippen LogP) is 3.33. The summed E-state index contributed by atoms with van der Waals surface area (Å²) in [7, 11) is 2.11. The molecule has 3 atom stereocenters. The third kappa shape index (κ3) is 3.61. The first kappa shape index (κ1) is 18.9. The standard InChI is InChI=1S/C23H26N6O/c1-14-24-12-16(13-25-14)15-3-6-20(22(30)9-15)21-7-8-23(28-27-21)29(2)19-10-17-4-5-18(11-19)26-17/h3,6-9,12-13,17-19,26,30H,4-5,10-11H2,1-2H3/t17-,18+,19-. The molecule has 0 radical (unpaired) electrons. The second-order valence-electron chi connectivity index (χ2n) is 8.40. The molecule has 30 heavy (non-hydrogen) atoms. The topological polar surface area (TPSA) is 87.1 Å². The number of hydrogen-bond donors (Lipinski definition) is 2. The molecule has 4 heterocycles. The molecule has 0 aliphatic carbocycles. The van der Waals surface area contributed by atoms with E-state index in [2.05, 4.69) is 37.4 Å². The number of benzene rings is 1. The Morgan fingerprint density at radius 2 is 1.70 bits per heavy atom. The van der Waals surface area contributed by atoms with Gasteiger partial charge in [-0.1, -0.05) is 6.07 Å². The summed E-state index contributed by atoms with van der Waals surface area (Å²) in [6.07, 6.45) is 8.39. The van der Waals surface area contributed by atoms with Crippen LogP contribution in [0.3, 0.4) is 0 Å². The van der Waals surface area contributed by atoms with Crippen molar-refractivity contribution in [3.05, 3.63) is 48.5 Å². The Bertz CT molecular complexity index is 1020. The number of aromatic nitrogens is 4. The Hall–Kier alpha value is -3.06. The Balaban J connectivity index is 1.34. The summed E-state index contributed by atoms with van der Waals surface area (Å²) in [5, 5.41) is 23.1.